The highest BCUT2D eigenvalue weighted by Gasteiger charge is 2.65. The molecule has 2 aromatic carbocycles. The average molecular weight is 665 g/mol. The van der Waals surface area contributed by atoms with Crippen molar-refractivity contribution >= 4 is 52.2 Å². The van der Waals surface area contributed by atoms with Gasteiger partial charge in [0.2, 0.25) is 0 Å². The standard InChI is InChI=1S/C29H35F2N6O6PS/c1-16(2)41-25(38)17(3)36-44(45,43-21-13-9-11-19-10-7-8-12-20(19)21)40-14-29(31)26(39)28(5,30)27(42-29)37-15-33-22-23(32-6)34-18(4)35-24(22)37/h7-13,15-17,26-27,39H,14H2,1-6H3,(H,36,45)(H,32,34,35)/t17-,26-,27+,28+,29+,44+/m0/s1. The summed E-state index contributed by atoms with van der Waals surface area (Å²) in [5.41, 5.74) is -2.21. The Morgan fingerprint density at radius 2 is 1.91 bits per heavy atom. The van der Waals surface area contributed by atoms with Crippen LogP contribution in [0.25, 0.3) is 21.9 Å². The van der Waals surface area contributed by atoms with Gasteiger partial charge in [-0.1, -0.05) is 36.4 Å². The van der Waals surface area contributed by atoms with E-state index < -0.39 is 55.2 Å². The van der Waals surface area contributed by atoms with E-state index in [1.54, 1.807) is 46.0 Å². The van der Waals surface area contributed by atoms with E-state index in [1.807, 2.05) is 24.3 Å². The number of carbonyl (C=O) groups excluding carboxylic acids is 1. The maximum absolute atomic E-state index is 16.5. The summed E-state index contributed by atoms with van der Waals surface area (Å²) in [6, 6.07) is 11.6. The molecule has 0 aliphatic carbocycles. The largest absolute Gasteiger partial charge is 0.462 e. The van der Waals surface area contributed by atoms with Gasteiger partial charge in [-0.15, -0.1) is 0 Å². The van der Waals surface area contributed by atoms with Gasteiger partial charge in [0.1, 0.15) is 24.2 Å². The van der Waals surface area contributed by atoms with Gasteiger partial charge < -0.3 is 28.9 Å². The summed E-state index contributed by atoms with van der Waals surface area (Å²) < 4.78 is 56.9. The molecule has 1 aliphatic rings. The Bertz CT molecular complexity index is 1770. The molecule has 0 bridgehead atoms. The molecule has 5 rings (SSSR count). The summed E-state index contributed by atoms with van der Waals surface area (Å²) >= 11 is 5.76. The van der Waals surface area contributed by atoms with Crippen LogP contribution >= 0.6 is 6.64 Å². The summed E-state index contributed by atoms with van der Waals surface area (Å²) in [7, 11) is 1.64. The van der Waals surface area contributed by atoms with Crippen molar-refractivity contribution in [3.63, 3.8) is 0 Å². The van der Waals surface area contributed by atoms with Gasteiger partial charge in [0.15, 0.2) is 35.0 Å². The second kappa shape index (κ2) is 12.5. The number of anilines is 1. The third-order valence-electron chi connectivity index (χ3n) is 7.21. The third-order valence-corrected chi connectivity index (χ3v) is 9.68. The Kier molecular flexibility index (Phi) is 9.15. The van der Waals surface area contributed by atoms with Crippen LogP contribution in [0.3, 0.4) is 0 Å². The number of rotatable bonds is 11. The van der Waals surface area contributed by atoms with Crippen molar-refractivity contribution in [2.75, 3.05) is 19.0 Å². The summed E-state index contributed by atoms with van der Waals surface area (Å²) in [5, 5.41) is 18.2. The first-order valence-electron chi connectivity index (χ1n) is 14.2. The van der Waals surface area contributed by atoms with Gasteiger partial charge >= 0.3 is 12.6 Å². The van der Waals surface area contributed by atoms with Crippen LogP contribution in [0.5, 0.6) is 5.75 Å². The fourth-order valence-corrected chi connectivity index (χ4v) is 7.42. The molecular formula is C29H35F2N6O6PS. The predicted molar refractivity (Wildman–Crippen MR) is 168 cm³/mol. The molecule has 3 N–H and O–H groups in total. The Hall–Kier alpha value is -3.33. The zero-order chi connectivity index (χ0) is 32.7. The number of halogens is 2. The van der Waals surface area contributed by atoms with Crippen LogP contribution in [-0.4, -0.2) is 74.0 Å². The molecule has 0 unspecified atom stereocenters. The van der Waals surface area contributed by atoms with E-state index in [1.165, 1.54) is 17.8 Å². The number of aryl methyl sites for hydroxylation is 1. The molecule has 2 aromatic heterocycles. The number of imidazole rings is 1. The minimum absolute atomic E-state index is 0.168. The number of alkyl halides is 2. The number of esters is 1. The number of carbonyl (C=O) groups is 1. The molecule has 0 radical (unpaired) electrons. The number of hydrogen-bond donors (Lipinski definition) is 3. The number of nitrogens with one attached hydrogen (secondary N) is 2. The van der Waals surface area contributed by atoms with Crippen LogP contribution in [0.1, 0.15) is 39.7 Å². The van der Waals surface area contributed by atoms with Gasteiger partial charge in [-0.2, -0.15) is 0 Å². The quantitative estimate of drug-likeness (QED) is 0.149. The lowest BCUT2D eigenvalue weighted by atomic mass is 9.97. The summed E-state index contributed by atoms with van der Waals surface area (Å²) in [6.07, 6.45) is -3.20. The molecule has 3 heterocycles. The molecule has 12 nitrogen and oxygen atoms in total. The number of aromatic nitrogens is 4. The van der Waals surface area contributed by atoms with E-state index >= 15 is 8.78 Å². The van der Waals surface area contributed by atoms with Crippen LogP contribution in [0.4, 0.5) is 14.6 Å². The first-order chi connectivity index (χ1) is 21.2. The predicted octanol–water partition coefficient (Wildman–Crippen LogP) is 4.86. The second-order valence-electron chi connectivity index (χ2n) is 11.2. The van der Waals surface area contributed by atoms with Crippen LogP contribution < -0.4 is 14.9 Å². The zero-order valence-electron chi connectivity index (χ0n) is 25.5. The molecule has 6 atom stereocenters. The van der Waals surface area contributed by atoms with E-state index in [2.05, 4.69) is 25.4 Å². The fraction of sp³-hybridized carbons (Fsp3) is 0.448. The summed E-state index contributed by atoms with van der Waals surface area (Å²) in [6.45, 7) is 2.66. The number of fused-ring (bicyclic) bond motifs is 2. The van der Waals surface area contributed by atoms with Crippen molar-refractivity contribution in [3.8, 4) is 5.75 Å². The lowest BCUT2D eigenvalue weighted by Gasteiger charge is -2.30. The Labute approximate surface area is 263 Å². The van der Waals surface area contributed by atoms with Crippen LogP contribution in [0.2, 0.25) is 0 Å². The second-order valence-corrected chi connectivity index (χ2v) is 14.3. The molecular weight excluding hydrogens is 629 g/mol. The number of ether oxygens (including phenoxy) is 2. The summed E-state index contributed by atoms with van der Waals surface area (Å²) in [4.78, 5) is 25.5. The molecule has 1 saturated heterocycles. The average Bonchev–Trinajstić information content (AvgIpc) is 3.48. The number of aliphatic hydroxyl groups is 1. The Morgan fingerprint density at radius 1 is 1.20 bits per heavy atom. The summed E-state index contributed by atoms with van der Waals surface area (Å²) in [5.74, 6) is -2.70. The first kappa shape index (κ1) is 33.0. The highest BCUT2D eigenvalue weighted by molar-refractivity contribution is 8.09. The van der Waals surface area contributed by atoms with Crippen molar-refractivity contribution in [1.82, 2.24) is 24.6 Å². The number of benzene rings is 2. The van der Waals surface area contributed by atoms with Gasteiger partial charge in [0.05, 0.1) is 12.4 Å². The normalized spacial score (nSPS) is 25.4. The monoisotopic (exact) mass is 664 g/mol. The maximum atomic E-state index is 16.5. The molecule has 0 amide bonds. The highest BCUT2D eigenvalue weighted by atomic mass is 32.5. The molecule has 4 aromatic rings. The van der Waals surface area contributed by atoms with Crippen LogP contribution in [0.15, 0.2) is 48.8 Å². The van der Waals surface area contributed by atoms with Crippen LogP contribution in [-0.2, 0) is 30.6 Å². The zero-order valence-corrected chi connectivity index (χ0v) is 27.2. The fourth-order valence-electron chi connectivity index (χ4n) is 5.03. The number of nitrogens with zero attached hydrogens (tertiary/aromatic N) is 4. The topological polar surface area (TPSA) is 142 Å². The molecule has 0 saturated carbocycles. The maximum Gasteiger partial charge on any atom is 0.323 e. The van der Waals surface area contributed by atoms with E-state index in [9.17, 15) is 9.90 Å². The smallest absolute Gasteiger partial charge is 0.323 e. The lowest BCUT2D eigenvalue weighted by molar-refractivity contribution is -0.202. The van der Waals surface area contributed by atoms with E-state index in [-0.39, 0.29) is 5.65 Å². The number of hydrogen-bond acceptors (Lipinski definition) is 11. The molecule has 1 fully saturated rings. The van der Waals surface area contributed by atoms with Crippen molar-refractivity contribution in [2.24, 2.45) is 0 Å². The van der Waals surface area contributed by atoms with Crippen LogP contribution in [0, 0.1) is 6.92 Å². The molecule has 1 aliphatic heterocycles. The van der Waals surface area contributed by atoms with Gasteiger partial charge in [-0.3, -0.25) is 9.36 Å². The van der Waals surface area contributed by atoms with Crippen molar-refractivity contribution in [3.05, 3.63) is 54.6 Å². The van der Waals surface area contributed by atoms with E-state index in [0.717, 1.165) is 12.3 Å². The molecule has 45 heavy (non-hydrogen) atoms. The molecule has 0 spiro atoms. The van der Waals surface area contributed by atoms with Crippen molar-refractivity contribution < 1.29 is 37.2 Å². The molecule has 16 heteroatoms. The first-order valence-corrected chi connectivity index (χ1v) is 16.8. The Morgan fingerprint density at radius 3 is 2.62 bits per heavy atom. The minimum atomic E-state index is -3.82. The van der Waals surface area contributed by atoms with Gasteiger partial charge in [0.25, 0.3) is 5.85 Å². The third kappa shape index (κ3) is 6.51. The van der Waals surface area contributed by atoms with Crippen molar-refractivity contribution in [2.45, 2.75) is 70.6 Å². The Balaban J connectivity index is 1.45. The van der Waals surface area contributed by atoms with Gasteiger partial charge in [-0.05, 0) is 57.9 Å². The SMILES string of the molecule is CNc1nc(C)nc2c1ncn2[C@@H]1O[C@](F)(CO[P@](=S)(N[C@@H](C)C(=O)OC(C)C)Oc2cccc3ccccc23)[C@@H](O)[C@@]1(C)F. The lowest BCUT2D eigenvalue weighted by Crippen LogP contribution is -2.47. The van der Waals surface area contributed by atoms with E-state index in [0.29, 0.717) is 28.3 Å². The van der Waals surface area contributed by atoms with Crippen molar-refractivity contribution in [1.29, 1.82) is 0 Å². The number of aliphatic hydroxyl groups excluding tert-OH is 1. The van der Waals surface area contributed by atoms with Gasteiger partial charge in [-0.25, -0.2) is 28.8 Å². The van der Waals surface area contributed by atoms with E-state index in [4.69, 9.17) is 30.3 Å². The highest BCUT2D eigenvalue weighted by Crippen LogP contribution is 2.52. The molecule has 242 valence electrons. The van der Waals surface area contributed by atoms with Gasteiger partial charge in [0, 0.05) is 12.4 Å². The minimum Gasteiger partial charge on any atom is -0.462 e.